The zero-order chi connectivity index (χ0) is 49.8. The summed E-state index contributed by atoms with van der Waals surface area (Å²) < 4.78 is 18.9. The molecule has 16 rings (SSSR count). The zero-order valence-electron chi connectivity index (χ0n) is 40.8. The second-order valence-corrected chi connectivity index (χ2v) is 21.7. The molecule has 0 atom stereocenters. The van der Waals surface area contributed by atoms with Crippen molar-refractivity contribution in [2.75, 3.05) is 9.80 Å². The van der Waals surface area contributed by atoms with E-state index in [1.165, 1.54) is 62.2 Å². The molecular formula is C70H42N2O2S2. The van der Waals surface area contributed by atoms with Crippen LogP contribution in [0.25, 0.3) is 117 Å². The van der Waals surface area contributed by atoms with Crippen molar-refractivity contribution in [1.29, 1.82) is 0 Å². The first kappa shape index (κ1) is 43.0. The Morgan fingerprint density at radius 3 is 1.78 bits per heavy atom. The van der Waals surface area contributed by atoms with E-state index in [1.807, 2.05) is 28.7 Å². The first-order valence-corrected chi connectivity index (χ1v) is 27.3. The number of thiophene rings is 2. The minimum atomic E-state index is 0.821. The molecule has 0 spiro atoms. The molecule has 0 N–H and O–H groups in total. The van der Waals surface area contributed by atoms with E-state index in [0.717, 1.165) is 89.1 Å². The molecule has 0 unspecified atom stereocenters. The fourth-order valence-electron chi connectivity index (χ4n) is 11.7. The van der Waals surface area contributed by atoms with E-state index in [1.54, 1.807) is 0 Å². The SMILES string of the molecule is c1ccc(-c2ccc(N(c3cccc(N(c4ccc5oc6c(-c7ccc8sc9c%10ccccc%10ccc9c8c7)cccc6c5c4)c4cccc5c4oc4ccccc45)c3)c3ccc4c(c3)sc3ccccc34)cc2)cc1. The Hall–Kier alpha value is -9.46. The van der Waals surface area contributed by atoms with Gasteiger partial charge in [0, 0.05) is 95.9 Å². The first-order valence-electron chi connectivity index (χ1n) is 25.6. The van der Waals surface area contributed by atoms with Crippen molar-refractivity contribution in [3.05, 3.63) is 255 Å². The molecule has 16 aromatic rings. The second kappa shape index (κ2) is 17.0. The lowest BCUT2D eigenvalue weighted by atomic mass is 9.99. The minimum Gasteiger partial charge on any atom is -0.455 e. The quantitative estimate of drug-likeness (QED) is 0.152. The van der Waals surface area contributed by atoms with Crippen LogP contribution in [0.4, 0.5) is 34.1 Å². The fraction of sp³-hybridized carbons (Fsp3) is 0. The van der Waals surface area contributed by atoms with E-state index in [-0.39, 0.29) is 0 Å². The Morgan fingerprint density at radius 1 is 0.276 bits per heavy atom. The van der Waals surface area contributed by atoms with Gasteiger partial charge in [-0.1, -0.05) is 164 Å². The van der Waals surface area contributed by atoms with Crippen molar-refractivity contribution in [3.8, 4) is 22.3 Å². The van der Waals surface area contributed by atoms with E-state index in [4.69, 9.17) is 8.83 Å². The van der Waals surface area contributed by atoms with Gasteiger partial charge in [-0.3, -0.25) is 0 Å². The Morgan fingerprint density at radius 2 is 0.882 bits per heavy atom. The van der Waals surface area contributed by atoms with Crippen LogP contribution in [0.2, 0.25) is 0 Å². The average Bonchev–Trinajstić information content (AvgIpc) is 4.29. The molecule has 4 heterocycles. The number of benzene rings is 12. The number of fused-ring (bicyclic) bond motifs is 14. The van der Waals surface area contributed by atoms with Crippen molar-refractivity contribution >= 4 is 152 Å². The van der Waals surface area contributed by atoms with Crippen molar-refractivity contribution in [2.24, 2.45) is 0 Å². The van der Waals surface area contributed by atoms with E-state index < -0.39 is 0 Å². The lowest BCUT2D eigenvalue weighted by Crippen LogP contribution is -2.13. The lowest BCUT2D eigenvalue weighted by molar-refractivity contribution is 0.669. The number of nitrogens with zero attached hydrogens (tertiary/aromatic N) is 2. The highest BCUT2D eigenvalue weighted by atomic mass is 32.1. The van der Waals surface area contributed by atoms with Crippen LogP contribution in [0.3, 0.4) is 0 Å². The maximum Gasteiger partial charge on any atom is 0.159 e. The smallest absolute Gasteiger partial charge is 0.159 e. The molecule has 76 heavy (non-hydrogen) atoms. The molecule has 0 saturated heterocycles. The van der Waals surface area contributed by atoms with Gasteiger partial charge in [0.25, 0.3) is 0 Å². The molecule has 0 aliphatic carbocycles. The molecule has 0 aliphatic rings. The van der Waals surface area contributed by atoms with Crippen LogP contribution < -0.4 is 9.80 Å². The molecule has 4 nitrogen and oxygen atoms in total. The summed E-state index contributed by atoms with van der Waals surface area (Å²) in [5.41, 5.74) is 14.0. The van der Waals surface area contributed by atoms with E-state index in [9.17, 15) is 0 Å². The normalized spacial score (nSPS) is 11.9. The molecular weight excluding hydrogens is 965 g/mol. The van der Waals surface area contributed by atoms with Gasteiger partial charge >= 0.3 is 0 Å². The molecule has 0 radical (unpaired) electrons. The van der Waals surface area contributed by atoms with Gasteiger partial charge in [0.15, 0.2) is 5.58 Å². The Kier molecular flexibility index (Phi) is 9.64. The molecule has 0 saturated carbocycles. The van der Waals surface area contributed by atoms with Gasteiger partial charge < -0.3 is 18.6 Å². The number of anilines is 6. The molecule has 0 bridgehead atoms. The van der Waals surface area contributed by atoms with Gasteiger partial charge in [-0.05, 0) is 118 Å². The van der Waals surface area contributed by atoms with Gasteiger partial charge in [0.05, 0.1) is 5.69 Å². The van der Waals surface area contributed by atoms with Gasteiger partial charge in [-0.2, -0.15) is 0 Å². The van der Waals surface area contributed by atoms with E-state index in [0.29, 0.717) is 0 Å². The zero-order valence-corrected chi connectivity index (χ0v) is 42.4. The van der Waals surface area contributed by atoms with E-state index in [2.05, 4.69) is 259 Å². The average molecular weight is 1010 g/mol. The largest absolute Gasteiger partial charge is 0.455 e. The predicted octanol–water partition coefficient (Wildman–Crippen LogP) is 21.6. The Bertz CT molecular complexity index is 4970. The summed E-state index contributed by atoms with van der Waals surface area (Å²) in [5, 5.41) is 11.9. The van der Waals surface area contributed by atoms with Crippen molar-refractivity contribution in [2.45, 2.75) is 0 Å². The Labute approximate surface area is 444 Å². The third-order valence-corrected chi connectivity index (χ3v) is 17.6. The lowest BCUT2D eigenvalue weighted by Gasteiger charge is -2.29. The Balaban J connectivity index is 0.869. The number of rotatable bonds is 8. The highest BCUT2D eigenvalue weighted by Crippen LogP contribution is 2.48. The van der Waals surface area contributed by atoms with Crippen molar-refractivity contribution < 1.29 is 8.83 Å². The van der Waals surface area contributed by atoms with Crippen LogP contribution in [0.15, 0.2) is 264 Å². The summed E-state index contributed by atoms with van der Waals surface area (Å²) >= 11 is 3.71. The van der Waals surface area contributed by atoms with Crippen molar-refractivity contribution in [1.82, 2.24) is 0 Å². The van der Waals surface area contributed by atoms with Gasteiger partial charge in [0.2, 0.25) is 0 Å². The van der Waals surface area contributed by atoms with Gasteiger partial charge in [-0.25, -0.2) is 0 Å². The number of furan rings is 2. The molecule has 0 fully saturated rings. The number of para-hydroxylation sites is 3. The standard InChI is InChI=1S/C70H42N2O2S2/c1-2-13-43(14-3-1)44-27-31-47(32-28-44)71(51-33-36-56-55-20-7-9-26-65(55)75-67(56)42-51)48-16-10-17-49(40-48)72(62-24-12-23-57-54-19-6-8-25-63(54)74-69(57)62)50-34-37-64-60(41-50)58-22-11-21-52(68(58)73-64)46-30-38-66-61(39-46)59-35-29-45-15-4-5-18-53(45)70(59)76-66/h1-42H. The molecule has 4 aromatic heterocycles. The minimum absolute atomic E-state index is 0.821. The highest BCUT2D eigenvalue weighted by molar-refractivity contribution is 7.26. The second-order valence-electron chi connectivity index (χ2n) is 19.6. The summed E-state index contributed by atoms with van der Waals surface area (Å²) in [6.45, 7) is 0. The summed E-state index contributed by atoms with van der Waals surface area (Å²) in [6.07, 6.45) is 0. The van der Waals surface area contributed by atoms with Gasteiger partial charge in [-0.15, -0.1) is 22.7 Å². The molecule has 0 aliphatic heterocycles. The third kappa shape index (κ3) is 6.81. The van der Waals surface area contributed by atoms with Crippen LogP contribution >= 0.6 is 22.7 Å². The molecule has 12 aromatic carbocycles. The first-order chi connectivity index (χ1) is 37.6. The number of hydrogen-bond donors (Lipinski definition) is 0. The molecule has 6 heteroatoms. The summed E-state index contributed by atoms with van der Waals surface area (Å²) in [7, 11) is 0. The number of hydrogen-bond acceptors (Lipinski definition) is 6. The fourth-order valence-corrected chi connectivity index (χ4v) is 14.0. The van der Waals surface area contributed by atoms with Crippen LogP contribution in [0.1, 0.15) is 0 Å². The molecule has 356 valence electrons. The highest BCUT2D eigenvalue weighted by Gasteiger charge is 2.24. The molecule has 0 amide bonds. The van der Waals surface area contributed by atoms with Crippen LogP contribution in [-0.4, -0.2) is 0 Å². The van der Waals surface area contributed by atoms with Crippen molar-refractivity contribution in [3.63, 3.8) is 0 Å². The summed E-state index contributed by atoms with van der Waals surface area (Å²) in [5.74, 6) is 0. The summed E-state index contributed by atoms with van der Waals surface area (Å²) in [4.78, 5) is 4.73. The maximum absolute atomic E-state index is 6.93. The van der Waals surface area contributed by atoms with Gasteiger partial charge in [0.1, 0.15) is 16.7 Å². The van der Waals surface area contributed by atoms with E-state index >= 15 is 0 Å². The third-order valence-electron chi connectivity index (χ3n) is 15.2. The monoisotopic (exact) mass is 1010 g/mol. The van der Waals surface area contributed by atoms with Crippen LogP contribution in [0.5, 0.6) is 0 Å². The summed E-state index contributed by atoms with van der Waals surface area (Å²) in [6, 6.07) is 92.1. The van der Waals surface area contributed by atoms with Crippen LogP contribution in [-0.2, 0) is 0 Å². The maximum atomic E-state index is 6.93. The van der Waals surface area contributed by atoms with Crippen LogP contribution in [0, 0.1) is 0 Å². The predicted molar refractivity (Wildman–Crippen MR) is 325 cm³/mol. The topological polar surface area (TPSA) is 32.8 Å².